The number of rotatable bonds is 31. The molecule has 2 aliphatic rings. The van der Waals surface area contributed by atoms with E-state index in [0.29, 0.717) is 12.1 Å². The van der Waals surface area contributed by atoms with E-state index in [1.807, 2.05) is 0 Å². The van der Waals surface area contributed by atoms with Gasteiger partial charge in [0.2, 0.25) is 0 Å². The molecule has 0 unspecified atom stereocenters. The van der Waals surface area contributed by atoms with Crippen molar-refractivity contribution in [3.05, 3.63) is 48.6 Å². The summed E-state index contributed by atoms with van der Waals surface area (Å²) in [5, 5.41) is 3.50. The number of unbranched alkanes of at least 4 members (excludes halogenated alkanes) is 18. The second-order valence-electron chi connectivity index (χ2n) is 14.7. The molecule has 0 aromatic heterocycles. The van der Waals surface area contributed by atoms with Gasteiger partial charge < -0.3 is 14.8 Å². The number of hydrogen-bond donors (Lipinski definition) is 1. The van der Waals surface area contributed by atoms with Crippen molar-refractivity contribution in [2.24, 2.45) is 0 Å². The molecule has 1 heterocycles. The van der Waals surface area contributed by atoms with Crippen LogP contribution in [0.2, 0.25) is 0 Å². The maximum Gasteiger partial charge on any atom is 0.169 e. The lowest BCUT2D eigenvalue weighted by molar-refractivity contribution is -0.186. The number of nitrogens with one attached hydrogen (secondary N) is 1. The lowest BCUT2D eigenvalue weighted by Crippen LogP contribution is -2.39. The monoisotopic (exact) mass is 654 g/mol. The van der Waals surface area contributed by atoms with E-state index < -0.39 is 0 Å². The van der Waals surface area contributed by atoms with Crippen molar-refractivity contribution in [1.82, 2.24) is 5.32 Å². The van der Waals surface area contributed by atoms with Crippen molar-refractivity contribution in [3.8, 4) is 0 Å². The Bertz CT molecular complexity index is 766. The van der Waals surface area contributed by atoms with Crippen LogP contribution in [0.4, 0.5) is 0 Å². The quantitative estimate of drug-likeness (QED) is 0.0596. The van der Waals surface area contributed by atoms with Gasteiger partial charge in [-0.15, -0.1) is 0 Å². The number of fused-ring (bicyclic) bond motifs is 1. The van der Waals surface area contributed by atoms with Gasteiger partial charge in [0.25, 0.3) is 0 Å². The lowest BCUT2D eigenvalue weighted by atomic mass is 9.91. The molecule has 272 valence electrons. The van der Waals surface area contributed by atoms with E-state index in [0.717, 1.165) is 38.5 Å². The molecule has 2 fully saturated rings. The van der Waals surface area contributed by atoms with Gasteiger partial charge in [0.15, 0.2) is 5.79 Å². The highest BCUT2D eigenvalue weighted by molar-refractivity contribution is 4.94. The molecule has 2 rings (SSSR count). The summed E-state index contributed by atoms with van der Waals surface area (Å²) in [6.45, 7) is 4.54. The zero-order valence-electron chi connectivity index (χ0n) is 31.7. The summed E-state index contributed by atoms with van der Waals surface area (Å²) in [5.74, 6) is -0.317. The normalized spacial score (nSPS) is 21.3. The number of allylic oxidation sites excluding steroid dienone is 8. The first-order chi connectivity index (χ1) is 23.2. The topological polar surface area (TPSA) is 30.5 Å². The Hall–Kier alpha value is -1.16. The number of ether oxygens (including phenoxy) is 2. The fraction of sp³-hybridized carbons (Fsp3) is 0.818. The van der Waals surface area contributed by atoms with Crippen LogP contribution in [0.1, 0.15) is 200 Å². The van der Waals surface area contributed by atoms with Gasteiger partial charge in [-0.2, -0.15) is 0 Å². The summed E-state index contributed by atoms with van der Waals surface area (Å²) in [7, 11) is 2.10. The van der Waals surface area contributed by atoms with Gasteiger partial charge in [-0.3, -0.25) is 0 Å². The first-order valence-electron chi connectivity index (χ1n) is 20.9. The average molecular weight is 654 g/mol. The molecule has 0 aromatic rings. The van der Waals surface area contributed by atoms with Crippen molar-refractivity contribution in [2.45, 2.75) is 224 Å². The highest BCUT2D eigenvalue weighted by Crippen LogP contribution is 2.42. The minimum Gasteiger partial charge on any atom is -0.344 e. The summed E-state index contributed by atoms with van der Waals surface area (Å²) in [5.41, 5.74) is 0. The Morgan fingerprint density at radius 3 is 1.34 bits per heavy atom. The van der Waals surface area contributed by atoms with Gasteiger partial charge in [-0.05, 0) is 103 Å². The highest BCUT2D eigenvalue weighted by atomic mass is 16.8. The van der Waals surface area contributed by atoms with Crippen LogP contribution >= 0.6 is 0 Å². The van der Waals surface area contributed by atoms with E-state index in [1.54, 1.807) is 0 Å². The standard InChI is InChI=1S/C44H79NO2/c1-4-6-8-10-12-14-16-18-20-22-24-26-28-30-32-34-38-44(46-42-37-36-41(45-3)40-43(42)47-44)39-35-33-31-29-27-25-23-21-19-17-15-13-11-9-7-5-2/h12-15,18-21,41-43,45H,4-11,16-17,22-40H2,1-3H3/b14-12-,15-13-,20-18-,21-19-/t41-,42+,43+/m0/s1. The number of hydrogen-bond acceptors (Lipinski definition) is 3. The molecule has 0 spiro atoms. The molecular weight excluding hydrogens is 574 g/mol. The Morgan fingerprint density at radius 1 is 0.489 bits per heavy atom. The van der Waals surface area contributed by atoms with Crippen molar-refractivity contribution >= 4 is 0 Å². The molecule has 0 bridgehead atoms. The SMILES string of the molecule is CCCCC/C=C\C/C=C\CCCCCCCCC1(CCCCCCCC/C=C\C/C=C\CCCCC)O[C@@H]2CC[C@H](NC)C[C@H]2O1. The predicted octanol–water partition coefficient (Wildman–Crippen LogP) is 13.6. The van der Waals surface area contributed by atoms with Crippen molar-refractivity contribution in [1.29, 1.82) is 0 Å². The van der Waals surface area contributed by atoms with Crippen molar-refractivity contribution in [2.75, 3.05) is 7.05 Å². The van der Waals surface area contributed by atoms with Crippen molar-refractivity contribution < 1.29 is 9.47 Å². The molecule has 3 heteroatoms. The van der Waals surface area contributed by atoms with Gasteiger partial charge in [-0.25, -0.2) is 0 Å². The minimum absolute atomic E-state index is 0.287. The molecule has 1 saturated carbocycles. The fourth-order valence-electron chi connectivity index (χ4n) is 7.33. The molecule has 1 aliphatic carbocycles. The first-order valence-corrected chi connectivity index (χ1v) is 20.9. The molecule has 1 N–H and O–H groups in total. The maximum atomic E-state index is 6.85. The van der Waals surface area contributed by atoms with Crippen LogP contribution in [-0.2, 0) is 9.47 Å². The highest BCUT2D eigenvalue weighted by Gasteiger charge is 2.48. The van der Waals surface area contributed by atoms with E-state index >= 15 is 0 Å². The summed E-state index contributed by atoms with van der Waals surface area (Å²) < 4.78 is 13.7. The molecule has 3 nitrogen and oxygen atoms in total. The fourth-order valence-corrected chi connectivity index (χ4v) is 7.33. The zero-order valence-corrected chi connectivity index (χ0v) is 31.7. The second kappa shape index (κ2) is 29.7. The van der Waals surface area contributed by atoms with E-state index in [4.69, 9.17) is 9.47 Å². The van der Waals surface area contributed by atoms with E-state index in [-0.39, 0.29) is 11.9 Å². The van der Waals surface area contributed by atoms with Crippen LogP contribution in [0.5, 0.6) is 0 Å². The molecule has 47 heavy (non-hydrogen) atoms. The molecule has 1 aliphatic heterocycles. The van der Waals surface area contributed by atoms with E-state index in [1.165, 1.54) is 148 Å². The summed E-state index contributed by atoms with van der Waals surface area (Å²) in [4.78, 5) is 0. The van der Waals surface area contributed by atoms with Crippen LogP contribution < -0.4 is 5.32 Å². The van der Waals surface area contributed by atoms with Crippen LogP contribution in [0.15, 0.2) is 48.6 Å². The summed E-state index contributed by atoms with van der Waals surface area (Å²) >= 11 is 0. The molecule has 0 radical (unpaired) electrons. The van der Waals surface area contributed by atoms with Crippen LogP contribution in [0.25, 0.3) is 0 Å². The molecule has 0 amide bonds. The van der Waals surface area contributed by atoms with Crippen molar-refractivity contribution in [3.63, 3.8) is 0 Å². The molecule has 1 saturated heterocycles. The Labute approximate surface area is 293 Å². The van der Waals surface area contributed by atoms with E-state index in [2.05, 4.69) is 74.8 Å². The van der Waals surface area contributed by atoms with E-state index in [9.17, 15) is 0 Å². The average Bonchev–Trinajstić information content (AvgIpc) is 3.45. The largest absolute Gasteiger partial charge is 0.344 e. The molecular formula is C44H79NO2. The third-order valence-electron chi connectivity index (χ3n) is 10.4. The third-order valence-corrected chi connectivity index (χ3v) is 10.4. The maximum absolute atomic E-state index is 6.85. The first kappa shape index (κ1) is 42.0. The van der Waals surface area contributed by atoms with Crippen LogP contribution in [0, 0.1) is 0 Å². The molecule has 0 aromatic carbocycles. The van der Waals surface area contributed by atoms with Gasteiger partial charge in [-0.1, -0.05) is 140 Å². The van der Waals surface area contributed by atoms with Gasteiger partial charge in [0, 0.05) is 18.9 Å². The Balaban J connectivity index is 1.56. The van der Waals surface area contributed by atoms with Crippen LogP contribution in [-0.4, -0.2) is 31.1 Å². The van der Waals surface area contributed by atoms with Gasteiger partial charge in [0.05, 0.1) is 12.2 Å². The second-order valence-corrected chi connectivity index (χ2v) is 14.7. The summed E-state index contributed by atoms with van der Waals surface area (Å²) in [6.07, 6.45) is 56.2. The van der Waals surface area contributed by atoms with Crippen LogP contribution in [0.3, 0.4) is 0 Å². The predicted molar refractivity (Wildman–Crippen MR) is 207 cm³/mol. The minimum atomic E-state index is -0.317. The Kier molecular flexibility index (Phi) is 26.6. The van der Waals surface area contributed by atoms with Gasteiger partial charge in [0.1, 0.15) is 0 Å². The van der Waals surface area contributed by atoms with Gasteiger partial charge >= 0.3 is 0 Å². The third kappa shape index (κ3) is 21.5. The lowest BCUT2D eigenvalue weighted by Gasteiger charge is -2.29. The molecule has 3 atom stereocenters. The Morgan fingerprint density at radius 2 is 0.894 bits per heavy atom. The smallest absolute Gasteiger partial charge is 0.169 e. The zero-order chi connectivity index (χ0) is 33.5. The summed E-state index contributed by atoms with van der Waals surface area (Å²) in [6, 6.07) is 0.583.